The van der Waals surface area contributed by atoms with Crippen LogP contribution in [0.4, 0.5) is 0 Å². The molecule has 6 nitrogen and oxygen atoms in total. The van der Waals surface area contributed by atoms with Crippen LogP contribution in [0.5, 0.6) is 0 Å². The van der Waals surface area contributed by atoms with Gasteiger partial charge in [-0.2, -0.15) is 5.10 Å². The van der Waals surface area contributed by atoms with E-state index in [9.17, 15) is 9.59 Å². The van der Waals surface area contributed by atoms with Crippen LogP contribution < -0.4 is 5.32 Å². The van der Waals surface area contributed by atoms with Gasteiger partial charge in [0.25, 0.3) is 0 Å². The predicted octanol–water partition coefficient (Wildman–Crippen LogP) is 1.45. The molecule has 0 bridgehead atoms. The van der Waals surface area contributed by atoms with Crippen LogP contribution in [-0.2, 0) is 4.79 Å². The Morgan fingerprint density at radius 1 is 1.50 bits per heavy atom. The summed E-state index contributed by atoms with van der Waals surface area (Å²) in [4.78, 5) is 22.5. The number of unbranched alkanes of at least 4 members (excludes halogenated alkanes) is 2. The van der Waals surface area contributed by atoms with Gasteiger partial charge in [-0.1, -0.05) is 19.8 Å². The average molecular weight is 253 g/mol. The number of nitrogens with zero attached hydrogens (tertiary/aromatic N) is 2. The lowest BCUT2D eigenvalue weighted by atomic mass is 10.2. The molecule has 0 radical (unpaired) electrons. The maximum Gasteiger partial charge on any atom is 0.338 e. The second-order valence-electron chi connectivity index (χ2n) is 4.19. The quantitative estimate of drug-likeness (QED) is 0.720. The van der Waals surface area contributed by atoms with Crippen LogP contribution in [0.2, 0.25) is 0 Å². The SMILES string of the molecule is CCCCCNC(=O)C(C)n1cc(C(=O)O)cn1. The van der Waals surface area contributed by atoms with Gasteiger partial charge in [-0.05, 0) is 13.3 Å². The second kappa shape index (κ2) is 6.78. The Morgan fingerprint density at radius 2 is 2.22 bits per heavy atom. The van der Waals surface area contributed by atoms with Gasteiger partial charge in [-0.3, -0.25) is 9.48 Å². The lowest BCUT2D eigenvalue weighted by Crippen LogP contribution is -2.31. The van der Waals surface area contributed by atoms with Gasteiger partial charge in [0.15, 0.2) is 0 Å². The third-order valence-corrected chi connectivity index (χ3v) is 2.70. The highest BCUT2D eigenvalue weighted by molar-refractivity contribution is 5.87. The van der Waals surface area contributed by atoms with Crippen molar-refractivity contribution >= 4 is 11.9 Å². The molecule has 18 heavy (non-hydrogen) atoms. The van der Waals surface area contributed by atoms with Crippen LogP contribution in [0.25, 0.3) is 0 Å². The summed E-state index contributed by atoms with van der Waals surface area (Å²) in [5.41, 5.74) is 0.0839. The molecule has 0 spiro atoms. The predicted molar refractivity (Wildman–Crippen MR) is 66.4 cm³/mol. The van der Waals surface area contributed by atoms with Gasteiger partial charge in [0.2, 0.25) is 5.91 Å². The van der Waals surface area contributed by atoms with E-state index in [0.717, 1.165) is 19.3 Å². The van der Waals surface area contributed by atoms with E-state index >= 15 is 0 Å². The summed E-state index contributed by atoms with van der Waals surface area (Å²) in [5.74, 6) is -1.19. The van der Waals surface area contributed by atoms with E-state index in [0.29, 0.717) is 6.54 Å². The zero-order chi connectivity index (χ0) is 13.5. The Balaban J connectivity index is 2.49. The maximum absolute atomic E-state index is 11.8. The number of carbonyl (C=O) groups excluding carboxylic acids is 1. The summed E-state index contributed by atoms with van der Waals surface area (Å²) in [6, 6.07) is -0.500. The third-order valence-electron chi connectivity index (χ3n) is 2.70. The Kier molecular flexibility index (Phi) is 5.35. The van der Waals surface area contributed by atoms with Crippen molar-refractivity contribution in [1.29, 1.82) is 0 Å². The van der Waals surface area contributed by atoms with Crippen molar-refractivity contribution in [3.63, 3.8) is 0 Å². The Labute approximate surface area is 106 Å². The zero-order valence-electron chi connectivity index (χ0n) is 10.7. The Bertz CT molecular complexity index is 414. The first kappa shape index (κ1) is 14.2. The number of amides is 1. The van der Waals surface area contributed by atoms with Crippen molar-refractivity contribution in [2.45, 2.75) is 39.2 Å². The third kappa shape index (κ3) is 3.87. The van der Waals surface area contributed by atoms with Crippen molar-refractivity contribution in [2.75, 3.05) is 6.54 Å². The smallest absolute Gasteiger partial charge is 0.338 e. The number of carboxylic acids is 1. The van der Waals surface area contributed by atoms with Gasteiger partial charge in [-0.15, -0.1) is 0 Å². The molecule has 1 aromatic rings. The number of rotatable bonds is 7. The molecular weight excluding hydrogens is 234 g/mol. The summed E-state index contributed by atoms with van der Waals surface area (Å²) in [6.07, 6.45) is 5.74. The van der Waals surface area contributed by atoms with Gasteiger partial charge in [-0.25, -0.2) is 4.79 Å². The Morgan fingerprint density at radius 3 is 2.78 bits per heavy atom. The number of carboxylic acid groups (broad SMARTS) is 1. The molecule has 1 aromatic heterocycles. The number of hydrogen-bond donors (Lipinski definition) is 2. The molecule has 0 aliphatic carbocycles. The molecule has 0 aromatic carbocycles. The molecule has 0 aliphatic rings. The number of hydrogen-bond acceptors (Lipinski definition) is 3. The molecule has 1 rings (SSSR count). The fourth-order valence-corrected chi connectivity index (χ4v) is 1.51. The number of aromatic carboxylic acids is 1. The van der Waals surface area contributed by atoms with E-state index in [-0.39, 0.29) is 11.5 Å². The number of nitrogens with one attached hydrogen (secondary N) is 1. The van der Waals surface area contributed by atoms with Crippen LogP contribution in [-0.4, -0.2) is 33.3 Å². The molecule has 0 fully saturated rings. The molecule has 1 amide bonds. The van der Waals surface area contributed by atoms with Crippen LogP contribution >= 0.6 is 0 Å². The van der Waals surface area contributed by atoms with Crippen molar-refractivity contribution in [3.05, 3.63) is 18.0 Å². The fourth-order valence-electron chi connectivity index (χ4n) is 1.51. The van der Waals surface area contributed by atoms with Gasteiger partial charge in [0.1, 0.15) is 6.04 Å². The summed E-state index contributed by atoms with van der Waals surface area (Å²) in [7, 11) is 0. The first-order valence-electron chi connectivity index (χ1n) is 6.11. The summed E-state index contributed by atoms with van der Waals surface area (Å²) in [5, 5.41) is 15.4. The van der Waals surface area contributed by atoms with E-state index in [1.807, 2.05) is 0 Å². The topological polar surface area (TPSA) is 84.2 Å². The monoisotopic (exact) mass is 253 g/mol. The first-order chi connectivity index (χ1) is 8.56. The molecular formula is C12H19N3O3. The largest absolute Gasteiger partial charge is 0.478 e. The van der Waals surface area contributed by atoms with Crippen LogP contribution in [0.3, 0.4) is 0 Å². The lowest BCUT2D eigenvalue weighted by molar-refractivity contribution is -0.124. The standard InChI is InChI=1S/C12H19N3O3/c1-3-4-5-6-13-11(16)9(2)15-8-10(7-14-15)12(17)18/h7-9H,3-6H2,1-2H3,(H,13,16)(H,17,18). The molecule has 1 atom stereocenters. The van der Waals surface area contributed by atoms with Crippen LogP contribution in [0.15, 0.2) is 12.4 Å². The molecule has 1 heterocycles. The molecule has 100 valence electrons. The van der Waals surface area contributed by atoms with Gasteiger partial charge in [0.05, 0.1) is 11.8 Å². The van der Waals surface area contributed by atoms with E-state index in [1.54, 1.807) is 6.92 Å². The molecule has 2 N–H and O–H groups in total. The fraction of sp³-hybridized carbons (Fsp3) is 0.583. The zero-order valence-corrected chi connectivity index (χ0v) is 10.7. The Hall–Kier alpha value is -1.85. The highest BCUT2D eigenvalue weighted by Crippen LogP contribution is 2.07. The van der Waals surface area contributed by atoms with Crippen molar-refractivity contribution < 1.29 is 14.7 Å². The molecule has 0 saturated carbocycles. The molecule has 0 saturated heterocycles. The van der Waals surface area contributed by atoms with Crippen molar-refractivity contribution in [1.82, 2.24) is 15.1 Å². The average Bonchev–Trinajstić information content (AvgIpc) is 2.83. The normalized spacial score (nSPS) is 12.1. The van der Waals surface area contributed by atoms with Gasteiger partial charge in [0, 0.05) is 12.7 Å². The minimum Gasteiger partial charge on any atom is -0.478 e. The maximum atomic E-state index is 11.8. The highest BCUT2D eigenvalue weighted by Gasteiger charge is 2.16. The summed E-state index contributed by atoms with van der Waals surface area (Å²) in [6.45, 7) is 4.43. The van der Waals surface area contributed by atoms with Crippen molar-refractivity contribution in [2.24, 2.45) is 0 Å². The highest BCUT2D eigenvalue weighted by atomic mass is 16.4. The van der Waals surface area contributed by atoms with Crippen LogP contribution in [0, 0.1) is 0 Å². The second-order valence-corrected chi connectivity index (χ2v) is 4.19. The van der Waals surface area contributed by atoms with Gasteiger partial charge >= 0.3 is 5.97 Å². The van der Waals surface area contributed by atoms with E-state index in [1.165, 1.54) is 17.1 Å². The molecule has 6 heteroatoms. The first-order valence-corrected chi connectivity index (χ1v) is 6.11. The molecule has 0 aliphatic heterocycles. The number of carbonyl (C=O) groups is 2. The summed E-state index contributed by atoms with van der Waals surface area (Å²) < 4.78 is 1.36. The van der Waals surface area contributed by atoms with Crippen LogP contribution in [0.1, 0.15) is 49.5 Å². The lowest BCUT2D eigenvalue weighted by Gasteiger charge is -2.12. The minimum absolute atomic E-state index is 0.0839. The van der Waals surface area contributed by atoms with E-state index < -0.39 is 12.0 Å². The van der Waals surface area contributed by atoms with Gasteiger partial charge < -0.3 is 10.4 Å². The van der Waals surface area contributed by atoms with E-state index in [4.69, 9.17) is 5.11 Å². The van der Waals surface area contributed by atoms with E-state index in [2.05, 4.69) is 17.3 Å². The minimum atomic E-state index is -1.04. The van der Waals surface area contributed by atoms with Crippen molar-refractivity contribution in [3.8, 4) is 0 Å². The summed E-state index contributed by atoms with van der Waals surface area (Å²) >= 11 is 0. The molecule has 1 unspecified atom stereocenters. The number of aromatic nitrogens is 2.